The van der Waals surface area contributed by atoms with Crippen LogP contribution >= 0.6 is 0 Å². The molecule has 0 unspecified atom stereocenters. The van der Waals surface area contributed by atoms with Crippen LogP contribution in [0.3, 0.4) is 0 Å². The van der Waals surface area contributed by atoms with Crippen molar-refractivity contribution in [3.63, 3.8) is 0 Å². The van der Waals surface area contributed by atoms with Crippen molar-refractivity contribution in [2.75, 3.05) is 10.6 Å². The number of hydrogen-bond acceptors (Lipinski definition) is 3. The Balaban J connectivity index is 1.48. The van der Waals surface area contributed by atoms with Crippen LogP contribution in [0, 0.1) is 15.5 Å². The zero-order chi connectivity index (χ0) is 20.0. The maximum Gasteiger partial charge on any atom is 0.277 e. The Bertz CT molecular complexity index is 1350. The third-order valence-electron chi connectivity index (χ3n) is 5.16. The second kappa shape index (κ2) is 6.45. The fourth-order valence-corrected chi connectivity index (χ4v) is 3.88. The van der Waals surface area contributed by atoms with E-state index in [-0.39, 0.29) is 11.6 Å². The van der Waals surface area contributed by atoms with E-state index in [4.69, 9.17) is 5.41 Å². The predicted octanol–water partition coefficient (Wildman–Crippen LogP) is 5.84. The van der Waals surface area contributed by atoms with Crippen LogP contribution in [0.15, 0.2) is 66.7 Å². The van der Waals surface area contributed by atoms with E-state index in [0.717, 1.165) is 11.1 Å². The number of nitro groups is 1. The summed E-state index contributed by atoms with van der Waals surface area (Å²) in [5.74, 6) is 0.0932. The summed E-state index contributed by atoms with van der Waals surface area (Å²) in [4.78, 5) is 10.9. The van der Waals surface area contributed by atoms with E-state index in [1.54, 1.807) is 18.2 Å². The minimum atomic E-state index is -0.392. The highest BCUT2D eigenvalue weighted by Gasteiger charge is 2.15. The number of rotatable bonds is 3. The van der Waals surface area contributed by atoms with E-state index < -0.39 is 4.92 Å². The largest absolute Gasteiger partial charge is 0.326 e. The van der Waals surface area contributed by atoms with Gasteiger partial charge in [0.25, 0.3) is 5.69 Å². The van der Waals surface area contributed by atoms with E-state index in [9.17, 15) is 10.1 Å². The second-order valence-electron chi connectivity index (χ2n) is 6.87. The lowest BCUT2D eigenvalue weighted by atomic mass is 10.0. The Hall–Kier alpha value is -4.19. The van der Waals surface area contributed by atoms with Crippen molar-refractivity contribution >= 4 is 56.7 Å². The third kappa shape index (κ3) is 2.78. The Kier molecular flexibility index (Phi) is 3.77. The first-order chi connectivity index (χ1) is 14.1. The monoisotopic (exact) mass is 380 g/mol. The molecule has 0 saturated heterocycles. The highest BCUT2D eigenvalue weighted by Crippen LogP contribution is 2.35. The average molecular weight is 380 g/mol. The second-order valence-corrected chi connectivity index (χ2v) is 6.87. The number of nitrogens with one attached hydrogen (secondary N) is 3. The highest BCUT2D eigenvalue weighted by molar-refractivity contribution is 6.14. The summed E-state index contributed by atoms with van der Waals surface area (Å²) in [5, 5.41) is 29.3. The van der Waals surface area contributed by atoms with Crippen LogP contribution < -0.4 is 10.6 Å². The van der Waals surface area contributed by atoms with Gasteiger partial charge in [0.1, 0.15) is 0 Å². The summed E-state index contributed by atoms with van der Waals surface area (Å²) in [6.07, 6.45) is 4.18. The van der Waals surface area contributed by atoms with E-state index in [1.807, 2.05) is 36.4 Å². The van der Waals surface area contributed by atoms with Gasteiger partial charge >= 0.3 is 0 Å². The molecule has 6 nitrogen and oxygen atoms in total. The van der Waals surface area contributed by atoms with Gasteiger partial charge in [0.2, 0.25) is 0 Å². The molecule has 1 aliphatic carbocycles. The van der Waals surface area contributed by atoms with Gasteiger partial charge in [-0.3, -0.25) is 15.5 Å². The predicted molar refractivity (Wildman–Crippen MR) is 118 cm³/mol. The molecule has 5 rings (SSSR count). The Morgan fingerprint density at radius 2 is 1.38 bits per heavy atom. The molecule has 1 aliphatic rings. The van der Waals surface area contributed by atoms with Gasteiger partial charge in [0.05, 0.1) is 10.3 Å². The molecular formula is C23H16N4O2. The van der Waals surface area contributed by atoms with Gasteiger partial charge in [0.15, 0.2) is 5.96 Å². The molecule has 0 fully saturated rings. The molecule has 4 aromatic carbocycles. The lowest BCUT2D eigenvalue weighted by molar-refractivity contribution is -0.383. The first kappa shape index (κ1) is 16.9. The van der Waals surface area contributed by atoms with Crippen molar-refractivity contribution < 1.29 is 4.92 Å². The summed E-state index contributed by atoms with van der Waals surface area (Å²) < 4.78 is 0. The lowest BCUT2D eigenvalue weighted by Gasteiger charge is -2.15. The maximum atomic E-state index is 11.3. The summed E-state index contributed by atoms with van der Waals surface area (Å²) >= 11 is 0. The Morgan fingerprint density at radius 1 is 0.759 bits per heavy atom. The lowest BCUT2D eigenvalue weighted by Crippen LogP contribution is -2.20. The Morgan fingerprint density at radius 3 is 2.14 bits per heavy atom. The first-order valence-electron chi connectivity index (χ1n) is 9.14. The van der Waals surface area contributed by atoms with Gasteiger partial charge in [-0.2, -0.15) is 0 Å². The van der Waals surface area contributed by atoms with Crippen LogP contribution in [0.1, 0.15) is 11.1 Å². The number of hydrogen-bond donors (Lipinski definition) is 3. The van der Waals surface area contributed by atoms with Crippen LogP contribution in [-0.2, 0) is 0 Å². The van der Waals surface area contributed by atoms with Crippen molar-refractivity contribution in [1.82, 2.24) is 0 Å². The zero-order valence-electron chi connectivity index (χ0n) is 15.3. The van der Waals surface area contributed by atoms with E-state index >= 15 is 0 Å². The molecule has 0 aromatic heterocycles. The molecule has 140 valence electrons. The zero-order valence-corrected chi connectivity index (χ0v) is 15.3. The van der Waals surface area contributed by atoms with Crippen molar-refractivity contribution in [3.8, 4) is 0 Å². The Labute approximate surface area is 166 Å². The van der Waals surface area contributed by atoms with Gasteiger partial charge in [-0.1, -0.05) is 54.6 Å². The van der Waals surface area contributed by atoms with Crippen molar-refractivity contribution in [3.05, 3.63) is 88.0 Å². The molecule has 0 bridgehead atoms. The fraction of sp³-hybridized carbons (Fsp3) is 0. The quantitative estimate of drug-likeness (QED) is 0.159. The smallest absolute Gasteiger partial charge is 0.277 e. The van der Waals surface area contributed by atoms with Gasteiger partial charge in [0, 0.05) is 28.2 Å². The first-order valence-corrected chi connectivity index (χ1v) is 9.14. The van der Waals surface area contributed by atoms with Crippen LogP contribution in [0.2, 0.25) is 0 Å². The van der Waals surface area contributed by atoms with E-state index in [1.165, 1.54) is 22.6 Å². The van der Waals surface area contributed by atoms with Gasteiger partial charge in [-0.25, -0.2) is 0 Å². The van der Waals surface area contributed by atoms with Crippen molar-refractivity contribution in [1.29, 1.82) is 5.41 Å². The SMILES string of the molecule is N=C(Nc1ccc([N+](=O)[O-])c2ccccc12)Nc1ccc2c3c(cccc13)C=C2. The molecule has 0 atom stereocenters. The molecule has 0 heterocycles. The minimum absolute atomic E-state index is 0.0469. The number of benzene rings is 4. The summed E-state index contributed by atoms with van der Waals surface area (Å²) in [5.41, 5.74) is 3.85. The number of fused-ring (bicyclic) bond motifs is 1. The number of anilines is 2. The van der Waals surface area contributed by atoms with Crippen molar-refractivity contribution in [2.24, 2.45) is 0 Å². The molecule has 0 spiro atoms. The van der Waals surface area contributed by atoms with Crippen LogP contribution in [0.5, 0.6) is 0 Å². The molecule has 0 radical (unpaired) electrons. The molecule has 0 saturated carbocycles. The third-order valence-corrected chi connectivity index (χ3v) is 5.16. The van der Waals surface area contributed by atoms with Crippen LogP contribution in [0.25, 0.3) is 33.7 Å². The standard InChI is InChI=1S/C23H16N4O2/c24-23(25-19-12-13-21(27(28)29)17-6-2-1-5-16(17)19)26-20-11-10-15-9-8-14-4-3-7-18(20)22(14)15/h1-13H,(H3,24,25,26). The van der Waals surface area contributed by atoms with Gasteiger partial charge in [-0.05, 0) is 34.7 Å². The molecular weight excluding hydrogens is 364 g/mol. The normalized spacial score (nSPS) is 11.7. The number of nitrogens with zero attached hydrogens (tertiary/aromatic N) is 1. The van der Waals surface area contributed by atoms with Crippen LogP contribution in [0.4, 0.5) is 17.1 Å². The van der Waals surface area contributed by atoms with Crippen LogP contribution in [-0.4, -0.2) is 10.9 Å². The molecule has 6 heteroatoms. The number of guanidine groups is 1. The molecule has 4 aromatic rings. The van der Waals surface area contributed by atoms with Gasteiger partial charge < -0.3 is 10.6 Å². The molecule has 3 N–H and O–H groups in total. The summed E-state index contributed by atoms with van der Waals surface area (Å²) in [7, 11) is 0. The number of non-ortho nitro benzene ring substituents is 1. The van der Waals surface area contributed by atoms with Crippen molar-refractivity contribution in [2.45, 2.75) is 0 Å². The van der Waals surface area contributed by atoms with E-state index in [2.05, 4.69) is 28.9 Å². The summed E-state index contributed by atoms with van der Waals surface area (Å²) in [6.45, 7) is 0. The molecule has 29 heavy (non-hydrogen) atoms. The topological polar surface area (TPSA) is 91.0 Å². The molecule has 0 amide bonds. The van der Waals surface area contributed by atoms with E-state index in [0.29, 0.717) is 16.5 Å². The highest BCUT2D eigenvalue weighted by atomic mass is 16.6. The maximum absolute atomic E-state index is 11.3. The summed E-state index contributed by atoms with van der Waals surface area (Å²) in [6, 6.07) is 20.3. The fourth-order valence-electron chi connectivity index (χ4n) is 3.88. The van der Waals surface area contributed by atoms with Gasteiger partial charge in [-0.15, -0.1) is 0 Å². The number of nitro benzene ring substituents is 1. The molecule has 0 aliphatic heterocycles. The average Bonchev–Trinajstić information content (AvgIpc) is 3.15. The minimum Gasteiger partial charge on any atom is -0.326 e.